The van der Waals surface area contributed by atoms with Gasteiger partial charge < -0.3 is 5.73 Å². The van der Waals surface area contributed by atoms with Gasteiger partial charge >= 0.3 is 0 Å². The molecule has 2 aromatic rings. The highest BCUT2D eigenvalue weighted by molar-refractivity contribution is 7.11. The van der Waals surface area contributed by atoms with Crippen molar-refractivity contribution >= 4 is 11.3 Å². The first kappa shape index (κ1) is 13.5. The van der Waals surface area contributed by atoms with Crippen molar-refractivity contribution < 1.29 is 0 Å². The number of nitrogens with zero attached hydrogens (tertiary/aromatic N) is 1. The summed E-state index contributed by atoms with van der Waals surface area (Å²) in [6, 6.07) is 6.96. The molecule has 110 valence electrons. The Kier molecular flexibility index (Phi) is 3.56. The van der Waals surface area contributed by atoms with Gasteiger partial charge in [0.05, 0.1) is 10.7 Å². The van der Waals surface area contributed by atoms with Gasteiger partial charge in [-0.05, 0) is 61.6 Å². The number of benzene rings is 1. The lowest BCUT2D eigenvalue weighted by molar-refractivity contribution is 0.674. The zero-order valence-corrected chi connectivity index (χ0v) is 13.2. The van der Waals surface area contributed by atoms with E-state index in [-0.39, 0.29) is 6.04 Å². The first-order valence-electron chi connectivity index (χ1n) is 8.14. The molecule has 3 heteroatoms. The molecule has 2 N–H and O–H groups in total. The van der Waals surface area contributed by atoms with Crippen LogP contribution in [0.25, 0.3) is 0 Å². The second-order valence-corrected chi connectivity index (χ2v) is 7.55. The van der Waals surface area contributed by atoms with Crippen LogP contribution < -0.4 is 5.73 Å². The van der Waals surface area contributed by atoms with Crippen molar-refractivity contribution in [3.63, 3.8) is 0 Å². The SMILES string of the molecule is NC(Cc1nc2c(s1)CCC2)c1ccc2c(c1)CCCC2. The Hall–Kier alpha value is -1.19. The van der Waals surface area contributed by atoms with Crippen molar-refractivity contribution in [2.24, 2.45) is 5.73 Å². The molecule has 0 fully saturated rings. The van der Waals surface area contributed by atoms with E-state index in [0.29, 0.717) is 0 Å². The number of thiazole rings is 1. The molecule has 0 spiro atoms. The van der Waals surface area contributed by atoms with Crippen LogP contribution in [-0.2, 0) is 32.1 Å². The maximum atomic E-state index is 6.45. The van der Waals surface area contributed by atoms with Gasteiger partial charge in [0.2, 0.25) is 0 Å². The van der Waals surface area contributed by atoms with Crippen molar-refractivity contribution in [1.29, 1.82) is 0 Å². The predicted octanol–water partition coefficient (Wildman–Crippen LogP) is 3.75. The van der Waals surface area contributed by atoms with E-state index in [1.165, 1.54) is 77.2 Å². The molecule has 1 unspecified atom stereocenters. The Balaban J connectivity index is 1.52. The van der Waals surface area contributed by atoms with Crippen LogP contribution in [0.2, 0.25) is 0 Å². The molecule has 4 rings (SSSR count). The highest BCUT2D eigenvalue weighted by atomic mass is 32.1. The van der Waals surface area contributed by atoms with E-state index >= 15 is 0 Å². The molecule has 0 radical (unpaired) electrons. The van der Waals surface area contributed by atoms with Gasteiger partial charge in [0.25, 0.3) is 0 Å². The highest BCUT2D eigenvalue weighted by Gasteiger charge is 2.19. The third-order valence-corrected chi connectivity index (χ3v) is 6.01. The summed E-state index contributed by atoms with van der Waals surface area (Å²) in [7, 11) is 0. The molecule has 2 nitrogen and oxygen atoms in total. The molecule has 1 aromatic carbocycles. The number of hydrogen-bond acceptors (Lipinski definition) is 3. The van der Waals surface area contributed by atoms with Crippen molar-refractivity contribution in [2.75, 3.05) is 0 Å². The lowest BCUT2D eigenvalue weighted by Crippen LogP contribution is -2.14. The summed E-state index contributed by atoms with van der Waals surface area (Å²) in [5.41, 5.74) is 12.1. The Morgan fingerprint density at radius 3 is 2.76 bits per heavy atom. The first-order chi connectivity index (χ1) is 10.3. The largest absolute Gasteiger partial charge is 0.324 e. The van der Waals surface area contributed by atoms with E-state index in [0.717, 1.165) is 6.42 Å². The predicted molar refractivity (Wildman–Crippen MR) is 87.9 cm³/mol. The van der Waals surface area contributed by atoms with E-state index in [2.05, 4.69) is 18.2 Å². The zero-order chi connectivity index (χ0) is 14.2. The van der Waals surface area contributed by atoms with Gasteiger partial charge in [0, 0.05) is 17.3 Å². The van der Waals surface area contributed by atoms with E-state index in [1.807, 2.05) is 11.3 Å². The monoisotopic (exact) mass is 298 g/mol. The minimum atomic E-state index is 0.0866. The molecular formula is C18H22N2S. The number of hydrogen-bond donors (Lipinski definition) is 1. The quantitative estimate of drug-likeness (QED) is 0.937. The van der Waals surface area contributed by atoms with Gasteiger partial charge in [-0.2, -0.15) is 0 Å². The Bertz CT molecular complexity index is 638. The summed E-state index contributed by atoms with van der Waals surface area (Å²) in [6.45, 7) is 0. The molecule has 2 aliphatic carbocycles. The molecule has 1 atom stereocenters. The molecule has 0 aliphatic heterocycles. The molecule has 0 saturated carbocycles. The van der Waals surface area contributed by atoms with E-state index in [9.17, 15) is 0 Å². The summed E-state index contributed by atoms with van der Waals surface area (Å²) in [6.07, 6.45) is 9.68. The van der Waals surface area contributed by atoms with Crippen LogP contribution >= 0.6 is 11.3 Å². The topological polar surface area (TPSA) is 38.9 Å². The van der Waals surface area contributed by atoms with Crippen molar-refractivity contribution in [3.05, 3.63) is 50.5 Å². The van der Waals surface area contributed by atoms with Crippen molar-refractivity contribution in [2.45, 2.75) is 57.4 Å². The van der Waals surface area contributed by atoms with Crippen LogP contribution in [0.5, 0.6) is 0 Å². The standard InChI is InChI=1S/C18H22N2S/c19-15(11-18-20-16-6-3-7-17(16)21-18)14-9-8-12-4-1-2-5-13(12)10-14/h8-10,15H,1-7,11,19H2. The smallest absolute Gasteiger partial charge is 0.0950 e. The fourth-order valence-electron chi connectivity index (χ4n) is 3.62. The minimum absolute atomic E-state index is 0.0866. The molecule has 0 saturated heterocycles. The van der Waals surface area contributed by atoms with E-state index in [4.69, 9.17) is 10.7 Å². The van der Waals surface area contributed by atoms with Gasteiger partial charge in [-0.3, -0.25) is 0 Å². The maximum Gasteiger partial charge on any atom is 0.0950 e. The summed E-state index contributed by atoms with van der Waals surface area (Å²) >= 11 is 1.88. The summed E-state index contributed by atoms with van der Waals surface area (Å²) < 4.78 is 0. The minimum Gasteiger partial charge on any atom is -0.324 e. The number of nitrogens with two attached hydrogens (primary N) is 1. The van der Waals surface area contributed by atoms with Gasteiger partial charge in [-0.1, -0.05) is 18.2 Å². The second kappa shape index (κ2) is 5.54. The van der Waals surface area contributed by atoms with Crippen LogP contribution in [-0.4, -0.2) is 4.98 Å². The third-order valence-electron chi connectivity index (χ3n) is 4.84. The number of rotatable bonds is 3. The van der Waals surface area contributed by atoms with Crippen LogP contribution in [0.15, 0.2) is 18.2 Å². The fraction of sp³-hybridized carbons (Fsp3) is 0.500. The van der Waals surface area contributed by atoms with Gasteiger partial charge in [0.15, 0.2) is 0 Å². The number of fused-ring (bicyclic) bond motifs is 2. The molecule has 0 amide bonds. The second-order valence-electron chi connectivity index (χ2n) is 6.38. The lowest BCUT2D eigenvalue weighted by atomic mass is 9.89. The van der Waals surface area contributed by atoms with Gasteiger partial charge in [-0.25, -0.2) is 4.98 Å². The summed E-state index contributed by atoms with van der Waals surface area (Å²) in [5.74, 6) is 0. The maximum absolute atomic E-state index is 6.45. The van der Waals surface area contributed by atoms with E-state index in [1.54, 1.807) is 0 Å². The molecule has 2 aliphatic rings. The molecule has 1 heterocycles. The van der Waals surface area contributed by atoms with Crippen LogP contribution in [0.3, 0.4) is 0 Å². The molecule has 21 heavy (non-hydrogen) atoms. The number of aromatic nitrogens is 1. The van der Waals surface area contributed by atoms with Crippen LogP contribution in [0.1, 0.15) is 57.6 Å². The Morgan fingerprint density at radius 1 is 1.05 bits per heavy atom. The molecule has 0 bridgehead atoms. The third kappa shape index (κ3) is 2.65. The van der Waals surface area contributed by atoms with Crippen molar-refractivity contribution in [3.8, 4) is 0 Å². The highest BCUT2D eigenvalue weighted by Crippen LogP contribution is 2.30. The van der Waals surface area contributed by atoms with Crippen LogP contribution in [0.4, 0.5) is 0 Å². The zero-order valence-electron chi connectivity index (χ0n) is 12.4. The molecular weight excluding hydrogens is 276 g/mol. The van der Waals surface area contributed by atoms with Crippen molar-refractivity contribution in [1.82, 2.24) is 4.98 Å². The average molecular weight is 298 g/mol. The fourth-order valence-corrected chi connectivity index (χ4v) is 4.84. The normalized spacial score (nSPS) is 18.3. The van der Waals surface area contributed by atoms with Crippen LogP contribution in [0, 0.1) is 0 Å². The van der Waals surface area contributed by atoms with Gasteiger partial charge in [0.1, 0.15) is 0 Å². The van der Waals surface area contributed by atoms with E-state index < -0.39 is 0 Å². The lowest BCUT2D eigenvalue weighted by Gasteiger charge is -2.18. The summed E-state index contributed by atoms with van der Waals surface area (Å²) in [4.78, 5) is 6.28. The number of aryl methyl sites for hydroxylation is 4. The molecule has 1 aromatic heterocycles. The van der Waals surface area contributed by atoms with Gasteiger partial charge in [-0.15, -0.1) is 11.3 Å². The Labute approximate surface area is 130 Å². The Morgan fingerprint density at radius 2 is 1.90 bits per heavy atom. The first-order valence-corrected chi connectivity index (χ1v) is 8.96. The average Bonchev–Trinajstić information content (AvgIpc) is 3.08. The summed E-state index contributed by atoms with van der Waals surface area (Å²) in [5, 5.41) is 1.23.